The van der Waals surface area contributed by atoms with Gasteiger partial charge in [0, 0.05) is 30.6 Å². The number of hydrogen-bond acceptors (Lipinski definition) is 4. The lowest BCUT2D eigenvalue weighted by atomic mass is 10.1. The lowest BCUT2D eigenvalue weighted by Crippen LogP contribution is -2.51. The molecule has 0 heterocycles. The molecule has 0 saturated heterocycles. The fourth-order valence-corrected chi connectivity index (χ4v) is 6.21. The minimum absolute atomic E-state index is 0.116. The second kappa shape index (κ2) is 13.5. The van der Waals surface area contributed by atoms with E-state index in [4.69, 9.17) is 11.6 Å². The second-order valence-corrected chi connectivity index (χ2v) is 12.6. The molecule has 1 N–H and O–H groups in total. The zero-order valence-corrected chi connectivity index (χ0v) is 24.4. The first-order valence-electron chi connectivity index (χ1n) is 13.4. The summed E-state index contributed by atoms with van der Waals surface area (Å²) in [6, 6.07) is 12.7. The fourth-order valence-electron chi connectivity index (χ4n) is 5.03. The predicted molar refractivity (Wildman–Crippen MR) is 154 cm³/mol. The van der Waals surface area contributed by atoms with Gasteiger partial charge in [0.1, 0.15) is 6.04 Å². The second-order valence-electron chi connectivity index (χ2n) is 10.2. The van der Waals surface area contributed by atoms with E-state index in [1.165, 1.54) is 4.31 Å². The van der Waals surface area contributed by atoms with Crippen LogP contribution >= 0.6 is 11.6 Å². The maximum absolute atomic E-state index is 13.6. The SMILES string of the molecule is CC[C@H](C(=O)NC1CCCC1)N(Cc1ccc(C)cc1)C(=O)CCCN(c1cccc(Cl)c1C)S(C)(=O)=O. The fraction of sp³-hybridized carbons (Fsp3) is 0.517. The molecule has 1 atom stereocenters. The maximum atomic E-state index is 13.6. The Bertz CT molecular complexity index is 1210. The predicted octanol–water partition coefficient (Wildman–Crippen LogP) is 5.37. The molecule has 1 saturated carbocycles. The van der Waals surface area contributed by atoms with Crippen LogP contribution in [0.15, 0.2) is 42.5 Å². The number of nitrogens with zero attached hydrogens (tertiary/aromatic N) is 2. The molecule has 9 heteroatoms. The number of hydrogen-bond donors (Lipinski definition) is 1. The third-order valence-electron chi connectivity index (χ3n) is 7.22. The molecule has 1 aliphatic rings. The van der Waals surface area contributed by atoms with Crippen LogP contribution in [0.5, 0.6) is 0 Å². The molecule has 0 aromatic heterocycles. The molecule has 2 amide bonds. The van der Waals surface area contributed by atoms with Gasteiger partial charge in [0.2, 0.25) is 21.8 Å². The van der Waals surface area contributed by atoms with Gasteiger partial charge in [-0.1, -0.05) is 67.3 Å². The quantitative estimate of drug-likeness (QED) is 0.377. The number of amides is 2. The molecular formula is C29H40ClN3O4S. The molecule has 7 nitrogen and oxygen atoms in total. The number of halogens is 1. The van der Waals surface area contributed by atoms with Crippen molar-refractivity contribution < 1.29 is 18.0 Å². The highest BCUT2D eigenvalue weighted by Crippen LogP contribution is 2.28. The minimum Gasteiger partial charge on any atom is -0.352 e. The molecule has 208 valence electrons. The lowest BCUT2D eigenvalue weighted by molar-refractivity contribution is -0.141. The average Bonchev–Trinajstić information content (AvgIpc) is 3.37. The van der Waals surface area contributed by atoms with Gasteiger partial charge >= 0.3 is 0 Å². The molecule has 0 radical (unpaired) electrons. The topological polar surface area (TPSA) is 86.8 Å². The van der Waals surface area contributed by atoms with E-state index in [9.17, 15) is 18.0 Å². The van der Waals surface area contributed by atoms with Crippen molar-refractivity contribution in [1.82, 2.24) is 10.2 Å². The van der Waals surface area contributed by atoms with E-state index in [1.54, 1.807) is 30.0 Å². The number of aryl methyl sites for hydroxylation is 1. The van der Waals surface area contributed by atoms with E-state index in [-0.39, 0.29) is 30.8 Å². The number of sulfonamides is 1. The van der Waals surface area contributed by atoms with E-state index in [1.807, 2.05) is 38.1 Å². The Kier molecular flexibility index (Phi) is 10.6. The van der Waals surface area contributed by atoms with E-state index < -0.39 is 16.1 Å². The Morgan fingerprint density at radius 3 is 2.34 bits per heavy atom. The molecule has 1 fully saturated rings. The van der Waals surface area contributed by atoms with Gasteiger partial charge in [-0.25, -0.2) is 8.42 Å². The minimum atomic E-state index is -3.59. The van der Waals surface area contributed by atoms with Gasteiger partial charge in [0.25, 0.3) is 0 Å². The molecule has 0 aliphatic heterocycles. The van der Waals surface area contributed by atoms with Crippen LogP contribution < -0.4 is 9.62 Å². The highest BCUT2D eigenvalue weighted by Gasteiger charge is 2.31. The van der Waals surface area contributed by atoms with Gasteiger partial charge in [0.05, 0.1) is 11.9 Å². The van der Waals surface area contributed by atoms with E-state index in [0.29, 0.717) is 35.7 Å². The van der Waals surface area contributed by atoms with Crippen molar-refractivity contribution in [1.29, 1.82) is 0 Å². The largest absolute Gasteiger partial charge is 0.352 e. The summed E-state index contributed by atoms with van der Waals surface area (Å²) in [5.74, 6) is -0.289. The Hall–Kier alpha value is -2.58. The maximum Gasteiger partial charge on any atom is 0.243 e. The van der Waals surface area contributed by atoms with Gasteiger partial charge in [-0.2, -0.15) is 0 Å². The van der Waals surface area contributed by atoms with Gasteiger partial charge in [0.15, 0.2) is 0 Å². The number of anilines is 1. The monoisotopic (exact) mass is 561 g/mol. The summed E-state index contributed by atoms with van der Waals surface area (Å²) >= 11 is 6.24. The van der Waals surface area contributed by atoms with Gasteiger partial charge in [-0.05, 0) is 62.8 Å². The third kappa shape index (κ3) is 7.96. The summed E-state index contributed by atoms with van der Waals surface area (Å²) in [4.78, 5) is 28.5. The van der Waals surface area contributed by atoms with Gasteiger partial charge in [-0.3, -0.25) is 13.9 Å². The van der Waals surface area contributed by atoms with Crippen molar-refractivity contribution >= 4 is 39.1 Å². The summed E-state index contributed by atoms with van der Waals surface area (Å²) in [6.45, 7) is 6.15. The molecular weight excluding hydrogens is 522 g/mol. The number of carbonyl (C=O) groups is 2. The molecule has 2 aromatic rings. The van der Waals surface area contributed by atoms with Crippen LogP contribution in [0.2, 0.25) is 5.02 Å². The summed E-state index contributed by atoms with van der Waals surface area (Å²) < 4.78 is 26.5. The molecule has 0 spiro atoms. The Morgan fingerprint density at radius 2 is 1.74 bits per heavy atom. The van der Waals surface area contributed by atoms with Crippen LogP contribution in [0, 0.1) is 13.8 Å². The van der Waals surface area contributed by atoms with E-state index >= 15 is 0 Å². The summed E-state index contributed by atoms with van der Waals surface area (Å²) in [5, 5.41) is 3.64. The zero-order valence-electron chi connectivity index (χ0n) is 22.9. The molecule has 38 heavy (non-hydrogen) atoms. The Labute approximate surface area is 232 Å². The number of benzene rings is 2. The van der Waals surface area contributed by atoms with Crippen molar-refractivity contribution in [3.63, 3.8) is 0 Å². The lowest BCUT2D eigenvalue weighted by Gasteiger charge is -2.32. The van der Waals surface area contributed by atoms with Crippen LogP contribution in [0.3, 0.4) is 0 Å². The highest BCUT2D eigenvalue weighted by atomic mass is 35.5. The van der Waals surface area contributed by atoms with Crippen molar-refractivity contribution in [2.75, 3.05) is 17.1 Å². The smallest absolute Gasteiger partial charge is 0.243 e. The Morgan fingerprint density at radius 1 is 1.08 bits per heavy atom. The first-order valence-corrected chi connectivity index (χ1v) is 15.6. The van der Waals surface area contributed by atoms with Crippen LogP contribution in [-0.4, -0.2) is 50.0 Å². The normalized spacial score (nSPS) is 14.8. The van der Waals surface area contributed by atoms with Crippen LogP contribution in [0.1, 0.15) is 68.6 Å². The average molecular weight is 562 g/mol. The first-order chi connectivity index (χ1) is 18.0. The van der Waals surface area contributed by atoms with Crippen molar-refractivity contribution in [2.24, 2.45) is 0 Å². The summed E-state index contributed by atoms with van der Waals surface area (Å²) in [5.41, 5.74) is 3.24. The molecule has 1 aliphatic carbocycles. The first kappa shape index (κ1) is 30.0. The van der Waals surface area contributed by atoms with Gasteiger partial charge in [-0.15, -0.1) is 0 Å². The van der Waals surface area contributed by atoms with Crippen LogP contribution in [0.4, 0.5) is 5.69 Å². The standard InChI is InChI=1S/C29H40ClN3O4S/c1-5-26(29(35)31-24-10-6-7-11-24)32(20-23-17-15-21(2)16-18-23)28(34)14-9-19-33(38(4,36)37)27-13-8-12-25(30)22(27)3/h8,12-13,15-18,24,26H,5-7,9-11,14,19-20H2,1-4H3,(H,31,35)/t26-/m1/s1. The molecule has 0 bridgehead atoms. The summed E-state index contributed by atoms with van der Waals surface area (Å²) in [6.07, 6.45) is 6.23. The van der Waals surface area contributed by atoms with Gasteiger partial charge < -0.3 is 10.2 Å². The number of nitrogens with one attached hydrogen (secondary N) is 1. The molecule has 2 aromatic carbocycles. The number of carbonyl (C=O) groups excluding carboxylic acids is 2. The Balaban J connectivity index is 1.77. The van der Waals surface area contributed by atoms with Crippen LogP contribution in [-0.2, 0) is 26.2 Å². The summed E-state index contributed by atoms with van der Waals surface area (Å²) in [7, 11) is -3.59. The highest BCUT2D eigenvalue weighted by molar-refractivity contribution is 7.92. The van der Waals surface area contributed by atoms with Crippen LogP contribution in [0.25, 0.3) is 0 Å². The van der Waals surface area contributed by atoms with E-state index in [2.05, 4.69) is 5.32 Å². The van der Waals surface area contributed by atoms with Crippen molar-refractivity contribution in [3.05, 3.63) is 64.2 Å². The zero-order chi connectivity index (χ0) is 27.9. The third-order valence-corrected chi connectivity index (χ3v) is 8.81. The number of rotatable bonds is 12. The van der Waals surface area contributed by atoms with Crippen molar-refractivity contribution in [2.45, 2.75) is 84.3 Å². The molecule has 0 unspecified atom stereocenters. The van der Waals surface area contributed by atoms with Crippen molar-refractivity contribution in [3.8, 4) is 0 Å². The molecule has 3 rings (SSSR count). The van der Waals surface area contributed by atoms with E-state index in [0.717, 1.165) is 43.1 Å².